The molecule has 35 heavy (non-hydrogen) atoms. The summed E-state index contributed by atoms with van der Waals surface area (Å²) >= 11 is 0. The molecule has 0 unspecified atom stereocenters. The predicted octanol–water partition coefficient (Wildman–Crippen LogP) is 2.75. The van der Waals surface area contributed by atoms with E-state index >= 15 is 0 Å². The van der Waals surface area contributed by atoms with E-state index in [4.69, 9.17) is 4.74 Å². The van der Waals surface area contributed by atoms with Crippen molar-refractivity contribution < 1.29 is 14.3 Å². The van der Waals surface area contributed by atoms with E-state index in [1.807, 2.05) is 30.3 Å². The van der Waals surface area contributed by atoms with Gasteiger partial charge in [-0.2, -0.15) is 20.1 Å². The van der Waals surface area contributed by atoms with E-state index in [2.05, 4.69) is 25.9 Å². The fraction of sp³-hybridized carbons (Fsp3) is 0.240. The minimum atomic E-state index is -0.212. The minimum absolute atomic E-state index is 0.0105. The van der Waals surface area contributed by atoms with Gasteiger partial charge >= 0.3 is 0 Å². The molecule has 0 bridgehead atoms. The number of carbonyl (C=O) groups is 2. The number of benzene rings is 2. The van der Waals surface area contributed by atoms with E-state index in [1.165, 1.54) is 4.80 Å². The number of nitrogens with one attached hydrogen (secondary N) is 2. The van der Waals surface area contributed by atoms with Crippen LogP contribution in [0.4, 0.5) is 5.69 Å². The Kier molecular flexibility index (Phi) is 6.62. The van der Waals surface area contributed by atoms with Crippen molar-refractivity contribution in [2.75, 3.05) is 18.5 Å². The van der Waals surface area contributed by atoms with Gasteiger partial charge in [-0.15, -0.1) is 0 Å². The van der Waals surface area contributed by atoms with Gasteiger partial charge in [-0.3, -0.25) is 9.59 Å². The quantitative estimate of drug-likeness (QED) is 0.428. The van der Waals surface area contributed by atoms with Crippen LogP contribution in [0.3, 0.4) is 0 Å². The number of hydrogen-bond acceptors (Lipinski definition) is 6. The lowest BCUT2D eigenvalue weighted by Gasteiger charge is -2.20. The maximum Gasteiger partial charge on any atom is 0.251 e. The van der Waals surface area contributed by atoms with Gasteiger partial charge in [0.1, 0.15) is 5.69 Å². The lowest BCUT2D eigenvalue weighted by Crippen LogP contribution is -2.28. The molecule has 0 spiro atoms. The average molecular weight is 472 g/mol. The molecule has 2 aromatic carbocycles. The van der Waals surface area contributed by atoms with Gasteiger partial charge < -0.3 is 15.4 Å². The number of hydrogen-bond donors (Lipinski definition) is 2. The number of aromatic nitrogens is 5. The van der Waals surface area contributed by atoms with E-state index in [0.29, 0.717) is 30.2 Å². The molecule has 0 atom stereocenters. The number of anilines is 1. The summed E-state index contributed by atoms with van der Waals surface area (Å²) in [6.07, 6.45) is 6.46. The van der Waals surface area contributed by atoms with Gasteiger partial charge in [-0.25, -0.2) is 4.68 Å². The normalized spacial score (nSPS) is 13.9. The monoisotopic (exact) mass is 471 g/mol. The second kappa shape index (κ2) is 10.3. The standard InChI is InChI=1S/C25H25N7O3/c33-24(26-14-20-15-28-32(30-20)23-4-2-1-3-5-23)18-6-8-22(9-7-18)31-17-21(16-27-31)29-25(34)19-10-12-35-13-11-19/h1-9,15-17,19H,10-14H2,(H,26,33)(H,29,34). The SMILES string of the molecule is O=C(NCc1cnn(-c2ccccc2)n1)c1ccc(-n2cc(NC(=O)C3CCOCC3)cn2)cc1. The van der Waals surface area contributed by atoms with Crippen molar-refractivity contribution in [2.45, 2.75) is 19.4 Å². The number of carbonyl (C=O) groups excluding carboxylic acids is 2. The summed E-state index contributed by atoms with van der Waals surface area (Å²) in [6, 6.07) is 16.6. The molecule has 1 fully saturated rings. The first kappa shape index (κ1) is 22.5. The van der Waals surface area contributed by atoms with Crippen LogP contribution in [-0.2, 0) is 16.1 Å². The van der Waals surface area contributed by atoms with Crippen LogP contribution >= 0.6 is 0 Å². The topological polar surface area (TPSA) is 116 Å². The highest BCUT2D eigenvalue weighted by molar-refractivity contribution is 5.94. The smallest absolute Gasteiger partial charge is 0.251 e. The zero-order valence-corrected chi connectivity index (χ0v) is 19.0. The first-order valence-electron chi connectivity index (χ1n) is 11.4. The molecular weight excluding hydrogens is 446 g/mol. The zero-order valence-electron chi connectivity index (χ0n) is 19.0. The zero-order chi connectivity index (χ0) is 24.0. The number of amides is 2. The molecule has 10 nitrogen and oxygen atoms in total. The van der Waals surface area contributed by atoms with Crippen molar-refractivity contribution in [3.8, 4) is 11.4 Å². The molecule has 2 amide bonds. The molecule has 4 aromatic rings. The maximum absolute atomic E-state index is 12.6. The second-order valence-electron chi connectivity index (χ2n) is 8.24. The molecular formula is C25H25N7O3. The molecule has 0 aliphatic carbocycles. The number of ether oxygens (including phenoxy) is 1. The van der Waals surface area contributed by atoms with Crippen LogP contribution in [0.1, 0.15) is 28.9 Å². The van der Waals surface area contributed by atoms with Crippen LogP contribution in [0, 0.1) is 5.92 Å². The fourth-order valence-corrected chi connectivity index (χ4v) is 3.83. The van der Waals surface area contributed by atoms with Crippen LogP contribution in [0.2, 0.25) is 0 Å². The van der Waals surface area contributed by atoms with Crippen LogP contribution in [0.5, 0.6) is 0 Å². The van der Waals surface area contributed by atoms with Crippen molar-refractivity contribution in [3.05, 3.63) is 84.4 Å². The predicted molar refractivity (Wildman–Crippen MR) is 128 cm³/mol. The van der Waals surface area contributed by atoms with Gasteiger partial charge in [0, 0.05) is 24.7 Å². The van der Waals surface area contributed by atoms with E-state index in [0.717, 1.165) is 24.2 Å². The van der Waals surface area contributed by atoms with Gasteiger partial charge in [-0.1, -0.05) is 18.2 Å². The maximum atomic E-state index is 12.6. The Balaban J connectivity index is 1.16. The summed E-state index contributed by atoms with van der Waals surface area (Å²) < 4.78 is 6.97. The van der Waals surface area contributed by atoms with Gasteiger partial charge in [0.25, 0.3) is 5.91 Å². The summed E-state index contributed by atoms with van der Waals surface area (Å²) in [5.74, 6) is -0.257. The lowest BCUT2D eigenvalue weighted by molar-refractivity contribution is -0.122. The minimum Gasteiger partial charge on any atom is -0.381 e. The molecule has 0 radical (unpaired) electrons. The van der Waals surface area contributed by atoms with Crippen molar-refractivity contribution in [3.63, 3.8) is 0 Å². The second-order valence-corrected chi connectivity index (χ2v) is 8.24. The van der Waals surface area contributed by atoms with Crippen LogP contribution in [0.25, 0.3) is 11.4 Å². The number of nitrogens with zero attached hydrogens (tertiary/aromatic N) is 5. The van der Waals surface area contributed by atoms with E-state index in [-0.39, 0.29) is 24.3 Å². The van der Waals surface area contributed by atoms with Gasteiger partial charge in [0.15, 0.2) is 0 Å². The summed E-state index contributed by atoms with van der Waals surface area (Å²) in [5, 5.41) is 18.7. The molecule has 2 N–H and O–H groups in total. The molecule has 2 aromatic heterocycles. The first-order chi connectivity index (χ1) is 17.2. The Morgan fingerprint density at radius 3 is 2.49 bits per heavy atom. The highest BCUT2D eigenvalue weighted by atomic mass is 16.5. The molecule has 1 aliphatic heterocycles. The van der Waals surface area contributed by atoms with Gasteiger partial charge in [-0.05, 0) is 49.2 Å². The van der Waals surface area contributed by atoms with Crippen molar-refractivity contribution >= 4 is 17.5 Å². The molecule has 3 heterocycles. The molecule has 1 saturated heterocycles. The molecule has 0 saturated carbocycles. The molecule has 1 aliphatic rings. The van der Waals surface area contributed by atoms with Crippen LogP contribution in [-0.4, -0.2) is 49.8 Å². The Bertz CT molecular complexity index is 1290. The highest BCUT2D eigenvalue weighted by Gasteiger charge is 2.22. The largest absolute Gasteiger partial charge is 0.381 e. The third-order valence-electron chi connectivity index (χ3n) is 5.79. The Labute approximate surface area is 201 Å². The van der Waals surface area contributed by atoms with Gasteiger partial charge in [0.05, 0.1) is 42.2 Å². The first-order valence-corrected chi connectivity index (χ1v) is 11.4. The van der Waals surface area contributed by atoms with Crippen LogP contribution < -0.4 is 10.6 Å². The Morgan fingerprint density at radius 1 is 0.943 bits per heavy atom. The summed E-state index contributed by atoms with van der Waals surface area (Å²) in [5.41, 5.74) is 3.44. The number of rotatable bonds is 7. The third kappa shape index (κ3) is 5.44. The van der Waals surface area contributed by atoms with Crippen molar-refractivity contribution in [1.29, 1.82) is 0 Å². The Hall–Kier alpha value is -4.31. The van der Waals surface area contributed by atoms with E-state index in [1.54, 1.807) is 47.5 Å². The van der Waals surface area contributed by atoms with E-state index in [9.17, 15) is 9.59 Å². The summed E-state index contributed by atoms with van der Waals surface area (Å²) in [4.78, 5) is 26.5. The van der Waals surface area contributed by atoms with E-state index < -0.39 is 0 Å². The lowest BCUT2D eigenvalue weighted by atomic mass is 9.99. The highest BCUT2D eigenvalue weighted by Crippen LogP contribution is 2.18. The van der Waals surface area contributed by atoms with Crippen molar-refractivity contribution in [1.82, 2.24) is 30.1 Å². The summed E-state index contributed by atoms with van der Waals surface area (Å²) in [7, 11) is 0. The fourth-order valence-electron chi connectivity index (χ4n) is 3.83. The molecule has 178 valence electrons. The van der Waals surface area contributed by atoms with Crippen LogP contribution in [0.15, 0.2) is 73.2 Å². The molecule has 10 heteroatoms. The average Bonchev–Trinajstić information content (AvgIpc) is 3.58. The number of para-hydroxylation sites is 1. The van der Waals surface area contributed by atoms with Gasteiger partial charge in [0.2, 0.25) is 5.91 Å². The summed E-state index contributed by atoms with van der Waals surface area (Å²) in [6.45, 7) is 1.50. The van der Waals surface area contributed by atoms with Crippen molar-refractivity contribution in [2.24, 2.45) is 5.92 Å². The molecule has 5 rings (SSSR count). The third-order valence-corrected chi connectivity index (χ3v) is 5.79. The Morgan fingerprint density at radius 2 is 1.71 bits per heavy atom.